The fourth-order valence-corrected chi connectivity index (χ4v) is 1.90. The molecule has 2 aromatic heterocycles. The summed E-state index contributed by atoms with van der Waals surface area (Å²) in [6, 6.07) is 1.68. The monoisotopic (exact) mass is 247 g/mol. The van der Waals surface area contributed by atoms with Gasteiger partial charge in [-0.1, -0.05) is 0 Å². The third kappa shape index (κ3) is 2.37. The van der Waals surface area contributed by atoms with Gasteiger partial charge in [-0.3, -0.25) is 9.48 Å². The van der Waals surface area contributed by atoms with E-state index in [0.29, 0.717) is 17.9 Å². The van der Waals surface area contributed by atoms with Crippen molar-refractivity contribution < 1.29 is 4.79 Å². The van der Waals surface area contributed by atoms with Gasteiger partial charge in [0.2, 0.25) is 0 Å². The van der Waals surface area contributed by atoms with E-state index in [1.165, 1.54) is 0 Å². The molecule has 1 amide bonds. The lowest BCUT2D eigenvalue weighted by Gasteiger charge is -2.16. The third-order valence-corrected chi connectivity index (χ3v) is 2.77. The van der Waals surface area contributed by atoms with Gasteiger partial charge in [-0.25, -0.2) is 0 Å². The molecule has 2 N–H and O–H groups in total. The highest BCUT2D eigenvalue weighted by Crippen LogP contribution is 2.12. The number of rotatable bonds is 3. The van der Waals surface area contributed by atoms with E-state index in [0.717, 1.165) is 5.56 Å². The van der Waals surface area contributed by atoms with Gasteiger partial charge in [-0.05, 0) is 6.07 Å². The average molecular weight is 247 g/mol. The van der Waals surface area contributed by atoms with Crippen molar-refractivity contribution in [2.75, 3.05) is 12.8 Å². The van der Waals surface area contributed by atoms with Crippen LogP contribution in [0.5, 0.6) is 0 Å². The normalized spacial score (nSPS) is 10.6. The van der Waals surface area contributed by atoms with Crippen LogP contribution in [-0.4, -0.2) is 32.2 Å². The lowest BCUT2D eigenvalue weighted by molar-refractivity contribution is 0.0775. The van der Waals surface area contributed by atoms with Crippen LogP contribution >= 0.6 is 0 Å². The first kappa shape index (κ1) is 12.2. The summed E-state index contributed by atoms with van der Waals surface area (Å²) < 4.78 is 3.45. The van der Waals surface area contributed by atoms with Gasteiger partial charge in [0.05, 0.1) is 11.9 Å². The molecule has 0 unspecified atom stereocenters. The number of aryl methyl sites for hydroxylation is 2. The average Bonchev–Trinajstić information content (AvgIpc) is 2.84. The Hall–Kier alpha value is -2.24. The Balaban J connectivity index is 2.11. The van der Waals surface area contributed by atoms with E-state index >= 15 is 0 Å². The summed E-state index contributed by atoms with van der Waals surface area (Å²) in [4.78, 5) is 13.9. The van der Waals surface area contributed by atoms with Crippen molar-refractivity contribution in [3.63, 3.8) is 0 Å². The second-order valence-corrected chi connectivity index (χ2v) is 4.45. The molecule has 0 spiro atoms. The summed E-state index contributed by atoms with van der Waals surface area (Å²) in [5.41, 5.74) is 7.84. The van der Waals surface area contributed by atoms with E-state index in [2.05, 4.69) is 5.10 Å². The van der Waals surface area contributed by atoms with Crippen molar-refractivity contribution in [2.24, 2.45) is 14.1 Å². The van der Waals surface area contributed by atoms with E-state index < -0.39 is 0 Å². The molecule has 96 valence electrons. The smallest absolute Gasteiger partial charge is 0.270 e. The number of anilines is 1. The predicted molar refractivity (Wildman–Crippen MR) is 68.8 cm³/mol. The van der Waals surface area contributed by atoms with Crippen LogP contribution in [0.25, 0.3) is 0 Å². The first-order valence-electron chi connectivity index (χ1n) is 5.62. The number of carbonyl (C=O) groups is 1. The molecule has 0 atom stereocenters. The summed E-state index contributed by atoms with van der Waals surface area (Å²) >= 11 is 0. The Morgan fingerprint density at radius 1 is 1.44 bits per heavy atom. The minimum absolute atomic E-state index is 0.0574. The number of carbonyl (C=O) groups excluding carboxylic acids is 1. The molecular formula is C12H17N5O. The van der Waals surface area contributed by atoms with Crippen LogP contribution in [-0.2, 0) is 20.6 Å². The summed E-state index contributed by atoms with van der Waals surface area (Å²) in [7, 11) is 5.42. The molecule has 0 radical (unpaired) electrons. The Labute approximate surface area is 106 Å². The van der Waals surface area contributed by atoms with Gasteiger partial charge in [0.25, 0.3) is 5.91 Å². The highest BCUT2D eigenvalue weighted by molar-refractivity contribution is 5.93. The van der Waals surface area contributed by atoms with Gasteiger partial charge < -0.3 is 15.2 Å². The zero-order valence-corrected chi connectivity index (χ0v) is 10.8. The van der Waals surface area contributed by atoms with Crippen molar-refractivity contribution in [1.29, 1.82) is 0 Å². The van der Waals surface area contributed by atoms with Crippen molar-refractivity contribution in [3.8, 4) is 0 Å². The summed E-state index contributed by atoms with van der Waals surface area (Å²) in [6.07, 6.45) is 5.37. The number of nitrogen functional groups attached to an aromatic ring is 1. The zero-order chi connectivity index (χ0) is 13.3. The summed E-state index contributed by atoms with van der Waals surface area (Å²) in [6.45, 7) is 0.526. The zero-order valence-electron chi connectivity index (χ0n) is 10.8. The largest absolute Gasteiger partial charge is 0.397 e. The topological polar surface area (TPSA) is 69.1 Å². The molecule has 18 heavy (non-hydrogen) atoms. The third-order valence-electron chi connectivity index (χ3n) is 2.77. The number of amides is 1. The maximum absolute atomic E-state index is 12.2. The molecule has 0 saturated carbocycles. The predicted octanol–water partition coefficient (Wildman–Crippen LogP) is 0.613. The number of hydrogen-bond acceptors (Lipinski definition) is 3. The van der Waals surface area contributed by atoms with E-state index in [-0.39, 0.29) is 5.91 Å². The van der Waals surface area contributed by atoms with Crippen LogP contribution in [0.1, 0.15) is 16.1 Å². The Bertz CT molecular complexity index is 569. The van der Waals surface area contributed by atoms with Gasteiger partial charge in [0.1, 0.15) is 5.69 Å². The molecule has 0 bridgehead atoms. The maximum atomic E-state index is 12.2. The SMILES string of the molecule is CN(Cc1cnn(C)c1)C(=O)c1cc(N)cn1C. The Morgan fingerprint density at radius 3 is 2.67 bits per heavy atom. The van der Waals surface area contributed by atoms with Gasteiger partial charge in [-0.2, -0.15) is 5.10 Å². The van der Waals surface area contributed by atoms with E-state index in [1.54, 1.807) is 39.7 Å². The first-order valence-corrected chi connectivity index (χ1v) is 5.62. The second kappa shape index (κ2) is 4.56. The van der Waals surface area contributed by atoms with E-state index in [4.69, 9.17) is 5.73 Å². The molecule has 0 aliphatic carbocycles. The van der Waals surface area contributed by atoms with Crippen LogP contribution in [0.3, 0.4) is 0 Å². The van der Waals surface area contributed by atoms with Crippen LogP contribution in [0.15, 0.2) is 24.7 Å². The molecule has 2 rings (SSSR count). The molecular weight excluding hydrogens is 230 g/mol. The molecule has 6 heteroatoms. The highest BCUT2D eigenvalue weighted by atomic mass is 16.2. The van der Waals surface area contributed by atoms with Crippen LogP contribution in [0.4, 0.5) is 5.69 Å². The molecule has 0 aliphatic heterocycles. The molecule has 2 aromatic rings. The van der Waals surface area contributed by atoms with Gasteiger partial charge in [0.15, 0.2) is 0 Å². The number of aromatic nitrogens is 3. The molecule has 0 aliphatic rings. The lowest BCUT2D eigenvalue weighted by Crippen LogP contribution is -2.27. The van der Waals surface area contributed by atoms with Crippen LogP contribution in [0.2, 0.25) is 0 Å². The first-order chi connectivity index (χ1) is 8.47. The van der Waals surface area contributed by atoms with Crippen LogP contribution < -0.4 is 5.73 Å². The quantitative estimate of drug-likeness (QED) is 0.864. The van der Waals surface area contributed by atoms with Crippen molar-refractivity contribution in [3.05, 3.63) is 35.9 Å². The van der Waals surface area contributed by atoms with Gasteiger partial charge >= 0.3 is 0 Å². The molecule has 6 nitrogen and oxygen atoms in total. The number of nitrogens with zero attached hydrogens (tertiary/aromatic N) is 4. The lowest BCUT2D eigenvalue weighted by atomic mass is 10.3. The Kier molecular flexibility index (Phi) is 3.10. The Morgan fingerprint density at radius 2 is 2.17 bits per heavy atom. The van der Waals surface area contributed by atoms with Gasteiger partial charge in [-0.15, -0.1) is 0 Å². The van der Waals surface area contributed by atoms with Crippen LogP contribution in [0, 0.1) is 0 Å². The molecule has 0 aromatic carbocycles. The highest BCUT2D eigenvalue weighted by Gasteiger charge is 2.16. The van der Waals surface area contributed by atoms with Crippen molar-refractivity contribution in [2.45, 2.75) is 6.54 Å². The maximum Gasteiger partial charge on any atom is 0.270 e. The minimum atomic E-state index is -0.0574. The molecule has 0 fully saturated rings. The molecule has 0 saturated heterocycles. The molecule has 2 heterocycles. The summed E-state index contributed by atoms with van der Waals surface area (Å²) in [5, 5.41) is 4.08. The standard InChI is InChI=1S/C12H17N5O/c1-15-8-10(13)4-11(15)12(18)16(2)6-9-5-14-17(3)7-9/h4-5,7-8H,6,13H2,1-3H3. The summed E-state index contributed by atoms with van der Waals surface area (Å²) in [5.74, 6) is -0.0574. The number of nitrogens with two attached hydrogens (primary N) is 1. The number of hydrogen-bond donors (Lipinski definition) is 1. The minimum Gasteiger partial charge on any atom is -0.397 e. The fourth-order valence-electron chi connectivity index (χ4n) is 1.90. The van der Waals surface area contributed by atoms with Crippen molar-refractivity contribution in [1.82, 2.24) is 19.2 Å². The fraction of sp³-hybridized carbons (Fsp3) is 0.333. The van der Waals surface area contributed by atoms with E-state index in [9.17, 15) is 4.79 Å². The van der Waals surface area contributed by atoms with E-state index in [1.807, 2.05) is 20.3 Å². The van der Waals surface area contributed by atoms with Crippen molar-refractivity contribution >= 4 is 11.6 Å². The van der Waals surface area contributed by atoms with Gasteiger partial charge in [0, 0.05) is 45.6 Å². The second-order valence-electron chi connectivity index (χ2n) is 4.45.